The Morgan fingerprint density at radius 2 is 2.09 bits per heavy atom. The van der Waals surface area contributed by atoms with Crippen LogP contribution in [0.2, 0.25) is 0 Å². The molecule has 2 heterocycles. The van der Waals surface area contributed by atoms with Crippen LogP contribution in [0, 0.1) is 0 Å². The summed E-state index contributed by atoms with van der Waals surface area (Å²) in [6.45, 7) is 0.665. The molecular formula is C18H17N3O2. The third-order valence-electron chi connectivity index (χ3n) is 4.02. The lowest BCUT2D eigenvalue weighted by Gasteiger charge is -2.10. The molecule has 4 rings (SSSR count). The summed E-state index contributed by atoms with van der Waals surface area (Å²) in [5, 5.41) is 2.91. The van der Waals surface area contributed by atoms with Crippen LogP contribution in [0.5, 0.6) is 0 Å². The monoisotopic (exact) mass is 307 g/mol. The number of amides is 1. The van der Waals surface area contributed by atoms with Crippen LogP contribution >= 0.6 is 0 Å². The van der Waals surface area contributed by atoms with Gasteiger partial charge in [0.05, 0.1) is 11.0 Å². The van der Waals surface area contributed by atoms with E-state index < -0.39 is 0 Å². The average molecular weight is 307 g/mol. The third kappa shape index (κ3) is 2.83. The highest BCUT2D eigenvalue weighted by Crippen LogP contribution is 2.23. The Labute approximate surface area is 133 Å². The Morgan fingerprint density at radius 1 is 1.22 bits per heavy atom. The van der Waals surface area contributed by atoms with E-state index in [1.165, 1.54) is 0 Å². The van der Waals surface area contributed by atoms with Crippen LogP contribution in [0.25, 0.3) is 22.4 Å². The SMILES string of the molecule is O=C(Nc1ccc2nc(-c3ccccc3)[nH]c2c1)C1CCCO1. The van der Waals surface area contributed by atoms with Gasteiger partial charge in [-0.05, 0) is 31.0 Å². The van der Waals surface area contributed by atoms with Gasteiger partial charge in [-0.3, -0.25) is 4.79 Å². The van der Waals surface area contributed by atoms with Gasteiger partial charge in [-0.15, -0.1) is 0 Å². The summed E-state index contributed by atoms with van der Waals surface area (Å²) in [5.41, 5.74) is 3.56. The number of imidazole rings is 1. The van der Waals surface area contributed by atoms with Crippen LogP contribution in [0.15, 0.2) is 48.5 Å². The van der Waals surface area contributed by atoms with Gasteiger partial charge in [0.2, 0.25) is 0 Å². The van der Waals surface area contributed by atoms with E-state index in [1.807, 2.05) is 48.5 Å². The summed E-state index contributed by atoms with van der Waals surface area (Å²) in [7, 11) is 0. The lowest BCUT2D eigenvalue weighted by atomic mass is 10.2. The predicted molar refractivity (Wildman–Crippen MR) is 89.1 cm³/mol. The fraction of sp³-hybridized carbons (Fsp3) is 0.222. The minimum Gasteiger partial charge on any atom is -0.368 e. The van der Waals surface area contributed by atoms with Crippen molar-refractivity contribution in [1.29, 1.82) is 0 Å². The Kier molecular flexibility index (Phi) is 3.55. The smallest absolute Gasteiger partial charge is 0.253 e. The van der Waals surface area contributed by atoms with Crippen molar-refractivity contribution >= 4 is 22.6 Å². The molecule has 2 aromatic carbocycles. The molecule has 1 aliphatic rings. The van der Waals surface area contributed by atoms with Crippen molar-refractivity contribution < 1.29 is 9.53 Å². The van der Waals surface area contributed by atoms with Gasteiger partial charge in [-0.1, -0.05) is 30.3 Å². The van der Waals surface area contributed by atoms with E-state index in [4.69, 9.17) is 4.74 Å². The molecule has 1 aliphatic heterocycles. The number of carbonyl (C=O) groups excluding carboxylic acids is 1. The number of anilines is 1. The standard InChI is InChI=1S/C18H17N3O2/c22-18(16-7-4-10-23-16)19-13-8-9-14-15(11-13)21-17(20-14)12-5-2-1-3-6-12/h1-3,5-6,8-9,11,16H,4,7,10H2,(H,19,22)(H,20,21). The molecule has 1 amide bonds. The lowest BCUT2D eigenvalue weighted by Crippen LogP contribution is -2.26. The minimum absolute atomic E-state index is 0.0790. The molecule has 1 saturated heterocycles. The van der Waals surface area contributed by atoms with Gasteiger partial charge < -0.3 is 15.0 Å². The van der Waals surface area contributed by atoms with E-state index in [0.29, 0.717) is 6.61 Å². The van der Waals surface area contributed by atoms with E-state index in [2.05, 4.69) is 15.3 Å². The molecule has 116 valence electrons. The topological polar surface area (TPSA) is 67.0 Å². The number of hydrogen-bond acceptors (Lipinski definition) is 3. The largest absolute Gasteiger partial charge is 0.368 e. The number of ether oxygens (including phenoxy) is 1. The number of aromatic nitrogens is 2. The summed E-state index contributed by atoms with van der Waals surface area (Å²) in [6.07, 6.45) is 1.40. The van der Waals surface area contributed by atoms with Crippen LogP contribution < -0.4 is 5.32 Å². The van der Waals surface area contributed by atoms with Gasteiger partial charge in [0.1, 0.15) is 11.9 Å². The lowest BCUT2D eigenvalue weighted by molar-refractivity contribution is -0.124. The zero-order valence-corrected chi connectivity index (χ0v) is 12.6. The molecule has 1 aromatic heterocycles. The maximum Gasteiger partial charge on any atom is 0.253 e. The van der Waals surface area contributed by atoms with E-state index in [1.54, 1.807) is 0 Å². The second-order valence-corrected chi connectivity index (χ2v) is 5.67. The number of rotatable bonds is 3. The normalized spacial score (nSPS) is 17.5. The molecule has 3 aromatic rings. The number of H-pyrrole nitrogens is 1. The van der Waals surface area contributed by atoms with Crippen molar-refractivity contribution in [3.05, 3.63) is 48.5 Å². The summed E-state index contributed by atoms with van der Waals surface area (Å²) in [6, 6.07) is 15.6. The van der Waals surface area contributed by atoms with E-state index in [0.717, 1.165) is 41.0 Å². The molecule has 5 nitrogen and oxygen atoms in total. The number of nitrogens with zero attached hydrogens (tertiary/aromatic N) is 1. The van der Waals surface area contributed by atoms with Crippen molar-refractivity contribution in [2.24, 2.45) is 0 Å². The molecule has 0 bridgehead atoms. The molecule has 1 unspecified atom stereocenters. The second kappa shape index (κ2) is 5.85. The Morgan fingerprint density at radius 3 is 2.87 bits per heavy atom. The molecule has 1 fully saturated rings. The van der Waals surface area contributed by atoms with Crippen molar-refractivity contribution in [2.45, 2.75) is 18.9 Å². The van der Waals surface area contributed by atoms with Crippen LogP contribution in [0.4, 0.5) is 5.69 Å². The van der Waals surface area contributed by atoms with Gasteiger partial charge in [-0.25, -0.2) is 4.98 Å². The Bertz CT molecular complexity index is 836. The van der Waals surface area contributed by atoms with Gasteiger partial charge in [0.15, 0.2) is 0 Å². The van der Waals surface area contributed by atoms with Crippen LogP contribution in [-0.4, -0.2) is 28.6 Å². The summed E-state index contributed by atoms with van der Waals surface area (Å²) < 4.78 is 5.40. The molecule has 2 N–H and O–H groups in total. The summed E-state index contributed by atoms with van der Waals surface area (Å²) in [5.74, 6) is 0.743. The van der Waals surface area contributed by atoms with Crippen molar-refractivity contribution in [3.8, 4) is 11.4 Å². The predicted octanol–water partition coefficient (Wildman–Crippen LogP) is 3.35. The fourth-order valence-electron chi connectivity index (χ4n) is 2.83. The van der Waals surface area contributed by atoms with Gasteiger partial charge in [-0.2, -0.15) is 0 Å². The van der Waals surface area contributed by atoms with Crippen LogP contribution in [-0.2, 0) is 9.53 Å². The number of benzene rings is 2. The first-order chi connectivity index (χ1) is 11.3. The Hall–Kier alpha value is -2.66. The molecular weight excluding hydrogens is 290 g/mol. The van der Waals surface area contributed by atoms with E-state index in [9.17, 15) is 4.79 Å². The van der Waals surface area contributed by atoms with Crippen LogP contribution in [0.3, 0.4) is 0 Å². The maximum absolute atomic E-state index is 12.1. The highest BCUT2D eigenvalue weighted by Gasteiger charge is 2.23. The quantitative estimate of drug-likeness (QED) is 0.780. The van der Waals surface area contributed by atoms with Gasteiger partial charge in [0.25, 0.3) is 5.91 Å². The highest BCUT2D eigenvalue weighted by atomic mass is 16.5. The van der Waals surface area contributed by atoms with E-state index >= 15 is 0 Å². The second-order valence-electron chi connectivity index (χ2n) is 5.67. The van der Waals surface area contributed by atoms with Crippen molar-refractivity contribution in [2.75, 3.05) is 11.9 Å². The molecule has 0 aliphatic carbocycles. The molecule has 5 heteroatoms. The third-order valence-corrected chi connectivity index (χ3v) is 4.02. The van der Waals surface area contributed by atoms with Gasteiger partial charge in [0, 0.05) is 17.9 Å². The minimum atomic E-state index is -0.327. The van der Waals surface area contributed by atoms with E-state index in [-0.39, 0.29) is 12.0 Å². The fourth-order valence-corrected chi connectivity index (χ4v) is 2.83. The molecule has 0 spiro atoms. The first kappa shape index (κ1) is 14.0. The first-order valence-electron chi connectivity index (χ1n) is 7.77. The molecule has 23 heavy (non-hydrogen) atoms. The zero-order valence-electron chi connectivity index (χ0n) is 12.6. The number of carbonyl (C=O) groups is 1. The summed E-state index contributed by atoms with van der Waals surface area (Å²) >= 11 is 0. The van der Waals surface area contributed by atoms with Crippen molar-refractivity contribution in [3.63, 3.8) is 0 Å². The number of aromatic amines is 1. The number of nitrogens with one attached hydrogen (secondary N) is 2. The van der Waals surface area contributed by atoms with Crippen LogP contribution in [0.1, 0.15) is 12.8 Å². The molecule has 0 saturated carbocycles. The number of hydrogen-bond donors (Lipinski definition) is 2. The maximum atomic E-state index is 12.1. The Balaban J connectivity index is 1.59. The zero-order chi connectivity index (χ0) is 15.6. The van der Waals surface area contributed by atoms with Crippen molar-refractivity contribution in [1.82, 2.24) is 9.97 Å². The summed E-state index contributed by atoms with van der Waals surface area (Å²) in [4.78, 5) is 20.0. The van der Waals surface area contributed by atoms with Gasteiger partial charge >= 0.3 is 0 Å². The average Bonchev–Trinajstić information content (AvgIpc) is 3.25. The number of fused-ring (bicyclic) bond motifs is 1. The molecule has 1 atom stereocenters. The highest BCUT2D eigenvalue weighted by molar-refractivity contribution is 5.96. The molecule has 0 radical (unpaired) electrons. The first-order valence-corrected chi connectivity index (χ1v) is 7.77.